The maximum Gasteiger partial charge on any atom is 0.262 e. The minimum atomic E-state index is -0.628. The van der Waals surface area contributed by atoms with Crippen LogP contribution in [0.2, 0.25) is 0 Å². The van der Waals surface area contributed by atoms with Crippen LogP contribution in [-0.2, 0) is 6.42 Å². The summed E-state index contributed by atoms with van der Waals surface area (Å²) in [6.07, 6.45) is 4.06. The largest absolute Gasteiger partial charge is 0.421 e. The Bertz CT molecular complexity index is 1310. The van der Waals surface area contributed by atoms with Gasteiger partial charge in [0.25, 0.3) is 5.91 Å². The number of aromatic nitrogens is 3. The summed E-state index contributed by atoms with van der Waals surface area (Å²) in [6, 6.07) is 6.24. The lowest BCUT2D eigenvalue weighted by Gasteiger charge is -2.34. The molecule has 0 spiro atoms. The number of nitrogens with zero attached hydrogens (tertiary/aromatic N) is 4. The molecule has 1 aliphatic rings. The maximum atomic E-state index is 15.3. The van der Waals surface area contributed by atoms with E-state index >= 15 is 4.39 Å². The number of carbonyl (C=O) groups is 1. The maximum absolute atomic E-state index is 15.3. The molecule has 1 fully saturated rings. The Kier molecular flexibility index (Phi) is 5.90. The van der Waals surface area contributed by atoms with Crippen molar-refractivity contribution in [3.63, 3.8) is 0 Å². The van der Waals surface area contributed by atoms with Gasteiger partial charge >= 0.3 is 0 Å². The number of hydrogen-bond donors (Lipinski definition) is 1. The Labute approximate surface area is 194 Å². The number of rotatable bonds is 5. The molecule has 1 atom stereocenters. The van der Waals surface area contributed by atoms with Gasteiger partial charge in [0.1, 0.15) is 11.6 Å². The third kappa shape index (κ3) is 4.02. The van der Waals surface area contributed by atoms with Gasteiger partial charge in [0.15, 0.2) is 0 Å². The summed E-state index contributed by atoms with van der Waals surface area (Å²) in [4.78, 5) is 20.1. The highest BCUT2D eigenvalue weighted by atomic mass is 32.1. The predicted octanol–water partition coefficient (Wildman–Crippen LogP) is 4.76. The molecule has 4 heterocycles. The van der Waals surface area contributed by atoms with Crippen molar-refractivity contribution < 1.29 is 13.6 Å². The van der Waals surface area contributed by atoms with Crippen molar-refractivity contribution in [2.24, 2.45) is 0 Å². The number of piperidine rings is 1. The van der Waals surface area contributed by atoms with E-state index in [1.54, 1.807) is 28.5 Å². The Morgan fingerprint density at radius 2 is 2.21 bits per heavy atom. The third-order valence-corrected chi connectivity index (χ3v) is 7.01. The predicted molar refractivity (Wildman–Crippen MR) is 126 cm³/mol. The second kappa shape index (κ2) is 8.99. The van der Waals surface area contributed by atoms with Gasteiger partial charge in [-0.15, -0.1) is 21.5 Å². The number of fused-ring (bicyclic) bond motifs is 1. The molecule has 0 bridgehead atoms. The van der Waals surface area contributed by atoms with Crippen molar-refractivity contribution in [2.45, 2.75) is 39.2 Å². The van der Waals surface area contributed by atoms with Crippen LogP contribution in [0.4, 0.5) is 10.2 Å². The Morgan fingerprint density at radius 3 is 2.94 bits per heavy atom. The molecule has 1 aromatic carbocycles. The zero-order valence-corrected chi connectivity index (χ0v) is 19.3. The normalized spacial score (nSPS) is 16.3. The molecule has 9 heteroatoms. The van der Waals surface area contributed by atoms with Crippen molar-refractivity contribution in [1.29, 1.82) is 0 Å². The van der Waals surface area contributed by atoms with Crippen LogP contribution in [0.1, 0.15) is 41.6 Å². The van der Waals surface area contributed by atoms with E-state index in [-0.39, 0.29) is 17.5 Å². The van der Waals surface area contributed by atoms with Crippen molar-refractivity contribution >= 4 is 33.1 Å². The first-order valence-corrected chi connectivity index (χ1v) is 11.9. The molecule has 4 aromatic rings. The molecule has 170 valence electrons. The summed E-state index contributed by atoms with van der Waals surface area (Å²) in [7, 11) is 0. The second-order valence-corrected chi connectivity index (χ2v) is 9.06. The topological polar surface area (TPSA) is 84.2 Å². The minimum absolute atomic E-state index is 0.00811. The first-order valence-electron chi connectivity index (χ1n) is 11.1. The van der Waals surface area contributed by atoms with Crippen LogP contribution in [0.5, 0.6) is 0 Å². The molecular weight excluding hydrogens is 441 g/mol. The lowest BCUT2D eigenvalue weighted by atomic mass is 10.0. The second-order valence-electron chi connectivity index (χ2n) is 8.15. The van der Waals surface area contributed by atoms with E-state index in [0.29, 0.717) is 30.2 Å². The summed E-state index contributed by atoms with van der Waals surface area (Å²) < 4.78 is 21.9. The Balaban J connectivity index is 1.57. The number of nitrogens with one attached hydrogen (secondary N) is 1. The number of aryl methyl sites for hydroxylation is 2. The zero-order chi connectivity index (χ0) is 22.9. The van der Waals surface area contributed by atoms with Gasteiger partial charge in [0.05, 0.1) is 11.6 Å². The van der Waals surface area contributed by atoms with Gasteiger partial charge in [-0.3, -0.25) is 9.69 Å². The molecule has 1 saturated heterocycles. The van der Waals surface area contributed by atoms with Gasteiger partial charge in [-0.05, 0) is 61.5 Å². The molecule has 7 nitrogen and oxygen atoms in total. The molecule has 5 rings (SSSR count). The van der Waals surface area contributed by atoms with E-state index in [0.717, 1.165) is 35.0 Å². The molecule has 0 aliphatic carbocycles. The number of pyridine rings is 1. The van der Waals surface area contributed by atoms with E-state index in [1.807, 2.05) is 19.9 Å². The van der Waals surface area contributed by atoms with Crippen molar-refractivity contribution in [3.05, 3.63) is 58.7 Å². The molecule has 0 saturated carbocycles. The quantitative estimate of drug-likeness (QED) is 0.458. The van der Waals surface area contributed by atoms with E-state index in [4.69, 9.17) is 4.42 Å². The zero-order valence-electron chi connectivity index (χ0n) is 18.5. The summed E-state index contributed by atoms with van der Waals surface area (Å²) in [6.45, 7) is 5.45. The van der Waals surface area contributed by atoms with E-state index < -0.39 is 11.7 Å². The van der Waals surface area contributed by atoms with Gasteiger partial charge < -0.3 is 9.73 Å². The molecule has 3 aromatic heterocycles. The average Bonchev–Trinajstić information content (AvgIpc) is 3.47. The van der Waals surface area contributed by atoms with Gasteiger partial charge in [-0.2, -0.15) is 0 Å². The number of anilines is 1. The van der Waals surface area contributed by atoms with Crippen molar-refractivity contribution in [2.75, 3.05) is 18.0 Å². The Hall–Kier alpha value is -3.17. The number of hydrogen-bond acceptors (Lipinski definition) is 7. The van der Waals surface area contributed by atoms with Crippen LogP contribution in [0.3, 0.4) is 0 Å². The molecule has 1 N–H and O–H groups in total. The molecular formula is C24H24FN5O2S. The van der Waals surface area contributed by atoms with Gasteiger partial charge in [0.2, 0.25) is 11.8 Å². The molecule has 1 aliphatic heterocycles. The number of benzene rings is 1. The van der Waals surface area contributed by atoms with Gasteiger partial charge in [-0.25, -0.2) is 9.37 Å². The number of thiophene rings is 1. The lowest BCUT2D eigenvalue weighted by Crippen LogP contribution is -2.49. The number of halogens is 1. The summed E-state index contributed by atoms with van der Waals surface area (Å²) in [5, 5.41) is 14.3. The first kappa shape index (κ1) is 21.7. The Morgan fingerprint density at radius 1 is 1.33 bits per heavy atom. The average molecular weight is 466 g/mol. The van der Waals surface area contributed by atoms with Crippen LogP contribution in [0.15, 0.2) is 40.3 Å². The van der Waals surface area contributed by atoms with Gasteiger partial charge in [0, 0.05) is 34.8 Å². The fourth-order valence-electron chi connectivity index (χ4n) is 4.25. The van der Waals surface area contributed by atoms with E-state index in [9.17, 15) is 4.79 Å². The summed E-state index contributed by atoms with van der Waals surface area (Å²) in [5.74, 6) is 0.262. The van der Waals surface area contributed by atoms with Crippen molar-refractivity contribution in [3.8, 4) is 11.5 Å². The molecule has 0 unspecified atom stereocenters. The molecule has 33 heavy (non-hydrogen) atoms. The fourth-order valence-corrected chi connectivity index (χ4v) is 5.18. The van der Waals surface area contributed by atoms with Gasteiger partial charge in [-0.1, -0.05) is 6.92 Å². The monoisotopic (exact) mass is 465 g/mol. The highest BCUT2D eigenvalue weighted by Gasteiger charge is 2.32. The van der Waals surface area contributed by atoms with Crippen LogP contribution >= 0.6 is 11.3 Å². The first-order chi connectivity index (χ1) is 16.1. The fraction of sp³-hybridized carbons (Fsp3) is 0.333. The van der Waals surface area contributed by atoms with Crippen LogP contribution in [0, 0.1) is 12.7 Å². The highest BCUT2D eigenvalue weighted by molar-refractivity contribution is 7.17. The van der Waals surface area contributed by atoms with Crippen LogP contribution < -0.4 is 10.2 Å². The molecule has 1 amide bonds. The van der Waals surface area contributed by atoms with Crippen LogP contribution in [0.25, 0.3) is 21.5 Å². The summed E-state index contributed by atoms with van der Waals surface area (Å²) in [5.41, 5.74) is 1.49. The molecule has 0 radical (unpaired) electrons. The van der Waals surface area contributed by atoms with Crippen molar-refractivity contribution in [1.82, 2.24) is 20.5 Å². The van der Waals surface area contributed by atoms with E-state index in [2.05, 4.69) is 25.9 Å². The highest BCUT2D eigenvalue weighted by Crippen LogP contribution is 2.35. The standard InChI is InChI=1S/C24H24FN5O2S/c1-3-20-28-29-23(32-20)15-6-7-17(18(25)11-15)24(31)30(16-5-4-9-26-12-16)22-21-14(2)13-33-19(21)8-10-27-22/h6-8,10-11,13,16,26H,3-5,9,12H2,1-2H3/t16-/m1/s1. The van der Waals surface area contributed by atoms with E-state index in [1.165, 1.54) is 12.1 Å². The summed E-state index contributed by atoms with van der Waals surface area (Å²) >= 11 is 1.62. The number of carbonyl (C=O) groups excluding carboxylic acids is 1. The lowest BCUT2D eigenvalue weighted by molar-refractivity contribution is 0.0968. The van der Waals surface area contributed by atoms with Crippen LogP contribution in [-0.4, -0.2) is 40.2 Å². The third-order valence-electron chi connectivity index (χ3n) is 5.95. The SMILES string of the molecule is CCc1nnc(-c2ccc(C(=O)N(c3nccc4scc(C)c34)[C@@H]3CCCNC3)c(F)c2)o1. The minimum Gasteiger partial charge on any atom is -0.421 e. The smallest absolute Gasteiger partial charge is 0.262 e. The number of amides is 1.